The molecule has 1 aromatic carbocycles. The summed E-state index contributed by atoms with van der Waals surface area (Å²) < 4.78 is 0. The van der Waals surface area contributed by atoms with Crippen molar-refractivity contribution in [2.45, 2.75) is 32.9 Å². The largest absolute Gasteiger partial charge is 0.480 e. The topological polar surface area (TPSA) is 122 Å². The first kappa shape index (κ1) is 17.5. The summed E-state index contributed by atoms with van der Waals surface area (Å²) in [5.74, 6) is -1.34. The third-order valence-corrected chi connectivity index (χ3v) is 2.99. The van der Waals surface area contributed by atoms with Crippen molar-refractivity contribution in [1.29, 1.82) is 0 Å². The number of hydrogen-bond acceptors (Lipinski definition) is 3. The predicted molar refractivity (Wildman–Crippen MR) is 81.2 cm³/mol. The van der Waals surface area contributed by atoms with E-state index in [0.717, 1.165) is 5.56 Å². The van der Waals surface area contributed by atoms with Crippen molar-refractivity contribution >= 4 is 17.9 Å². The molecular formula is C15H21N3O4. The van der Waals surface area contributed by atoms with Crippen molar-refractivity contribution in [3.05, 3.63) is 35.4 Å². The van der Waals surface area contributed by atoms with Gasteiger partial charge in [-0.2, -0.15) is 0 Å². The molecule has 1 rings (SSSR count). The molecule has 5 N–H and O–H groups in total. The molecule has 0 spiro atoms. The summed E-state index contributed by atoms with van der Waals surface area (Å²) in [5, 5.41) is 14.1. The van der Waals surface area contributed by atoms with E-state index in [-0.39, 0.29) is 12.5 Å². The Balaban J connectivity index is 2.68. The van der Waals surface area contributed by atoms with Gasteiger partial charge in [0, 0.05) is 12.1 Å². The summed E-state index contributed by atoms with van der Waals surface area (Å²) in [6, 6.07) is 4.94. The van der Waals surface area contributed by atoms with Crippen LogP contribution >= 0.6 is 0 Å². The Bertz CT molecular complexity index is 540. The number of benzene rings is 1. The van der Waals surface area contributed by atoms with E-state index in [4.69, 9.17) is 10.8 Å². The molecule has 7 nitrogen and oxygen atoms in total. The van der Waals surface area contributed by atoms with Gasteiger partial charge in [-0.1, -0.05) is 26.0 Å². The van der Waals surface area contributed by atoms with Gasteiger partial charge in [0.25, 0.3) is 5.91 Å². The lowest BCUT2D eigenvalue weighted by molar-refractivity contribution is -0.139. The summed E-state index contributed by atoms with van der Waals surface area (Å²) >= 11 is 0. The zero-order valence-corrected chi connectivity index (χ0v) is 12.6. The van der Waals surface area contributed by atoms with Crippen molar-refractivity contribution in [3.8, 4) is 0 Å². The molecule has 1 atom stereocenters. The molecule has 0 fully saturated rings. The Kier molecular flexibility index (Phi) is 6.37. The van der Waals surface area contributed by atoms with E-state index in [1.807, 2.05) is 13.8 Å². The van der Waals surface area contributed by atoms with Crippen molar-refractivity contribution in [1.82, 2.24) is 10.6 Å². The normalized spacial score (nSPS) is 11.8. The molecule has 0 bridgehead atoms. The molecule has 0 saturated heterocycles. The summed E-state index contributed by atoms with van der Waals surface area (Å²) in [5.41, 5.74) is 6.12. The number of carboxylic acid groups (broad SMARTS) is 1. The van der Waals surface area contributed by atoms with Crippen LogP contribution in [0.4, 0.5) is 4.79 Å². The van der Waals surface area contributed by atoms with Gasteiger partial charge in [-0.3, -0.25) is 4.79 Å². The van der Waals surface area contributed by atoms with Gasteiger partial charge in [0.05, 0.1) is 0 Å². The number of carbonyl (C=O) groups excluding carboxylic acids is 2. The molecule has 1 unspecified atom stereocenters. The number of nitrogens with two attached hydrogens (primary N) is 1. The molecule has 0 aliphatic heterocycles. The smallest absolute Gasteiger partial charge is 0.326 e. The maximum atomic E-state index is 12.1. The van der Waals surface area contributed by atoms with Crippen molar-refractivity contribution < 1.29 is 19.5 Å². The van der Waals surface area contributed by atoms with Gasteiger partial charge in [-0.05, 0) is 30.0 Å². The fourth-order valence-corrected chi connectivity index (χ4v) is 1.90. The minimum absolute atomic E-state index is 0.156. The maximum absolute atomic E-state index is 12.1. The molecular weight excluding hydrogens is 286 g/mol. The highest BCUT2D eigenvalue weighted by molar-refractivity contribution is 5.96. The zero-order valence-electron chi connectivity index (χ0n) is 12.6. The SMILES string of the molecule is CC(C)CC(NC(=O)c1ccc(CNC(N)=O)cc1)C(=O)O. The lowest BCUT2D eigenvalue weighted by Gasteiger charge is -2.16. The van der Waals surface area contributed by atoms with E-state index < -0.39 is 23.9 Å². The van der Waals surface area contributed by atoms with E-state index >= 15 is 0 Å². The number of primary amides is 1. The van der Waals surface area contributed by atoms with Gasteiger partial charge in [0.2, 0.25) is 0 Å². The van der Waals surface area contributed by atoms with Crippen LogP contribution in [0.25, 0.3) is 0 Å². The van der Waals surface area contributed by atoms with E-state index in [1.165, 1.54) is 0 Å². The van der Waals surface area contributed by atoms with Crippen LogP contribution in [0.15, 0.2) is 24.3 Å². The highest BCUT2D eigenvalue weighted by Gasteiger charge is 2.21. The molecule has 0 aromatic heterocycles. The fraction of sp³-hybridized carbons (Fsp3) is 0.400. The van der Waals surface area contributed by atoms with Crippen LogP contribution in [0, 0.1) is 5.92 Å². The first-order chi connectivity index (χ1) is 10.3. The number of urea groups is 1. The van der Waals surface area contributed by atoms with Gasteiger partial charge in [-0.25, -0.2) is 9.59 Å². The fourth-order valence-electron chi connectivity index (χ4n) is 1.90. The van der Waals surface area contributed by atoms with E-state index in [0.29, 0.717) is 12.0 Å². The number of carbonyl (C=O) groups is 3. The third-order valence-electron chi connectivity index (χ3n) is 2.99. The third kappa shape index (κ3) is 5.82. The summed E-state index contributed by atoms with van der Waals surface area (Å²) in [6.07, 6.45) is 0.363. The Morgan fingerprint density at radius 2 is 1.77 bits per heavy atom. The summed E-state index contributed by atoms with van der Waals surface area (Å²) in [4.78, 5) is 33.8. The van der Waals surface area contributed by atoms with Crippen molar-refractivity contribution in [2.75, 3.05) is 0 Å². The minimum Gasteiger partial charge on any atom is -0.480 e. The van der Waals surface area contributed by atoms with Crippen LogP contribution < -0.4 is 16.4 Å². The Labute approximate surface area is 128 Å². The molecule has 0 aliphatic carbocycles. The van der Waals surface area contributed by atoms with Crippen LogP contribution in [-0.4, -0.2) is 29.1 Å². The first-order valence-electron chi connectivity index (χ1n) is 6.95. The average molecular weight is 307 g/mol. The zero-order chi connectivity index (χ0) is 16.7. The molecule has 1 aromatic rings. The van der Waals surface area contributed by atoms with Gasteiger partial charge < -0.3 is 21.5 Å². The van der Waals surface area contributed by atoms with Crippen molar-refractivity contribution in [3.63, 3.8) is 0 Å². The molecule has 22 heavy (non-hydrogen) atoms. The predicted octanol–water partition coefficient (Wildman–Crippen LogP) is 1.08. The highest BCUT2D eigenvalue weighted by atomic mass is 16.4. The Morgan fingerprint density at radius 1 is 1.18 bits per heavy atom. The van der Waals surface area contributed by atoms with E-state index in [1.54, 1.807) is 24.3 Å². The Morgan fingerprint density at radius 3 is 2.23 bits per heavy atom. The second kappa shape index (κ2) is 8.02. The summed E-state index contributed by atoms with van der Waals surface area (Å²) in [6.45, 7) is 4.05. The number of nitrogens with one attached hydrogen (secondary N) is 2. The lowest BCUT2D eigenvalue weighted by atomic mass is 10.0. The highest BCUT2D eigenvalue weighted by Crippen LogP contribution is 2.08. The first-order valence-corrected chi connectivity index (χ1v) is 6.95. The standard InChI is InChI=1S/C15H21N3O4/c1-9(2)7-12(14(20)21)18-13(19)11-5-3-10(4-6-11)8-17-15(16)22/h3-6,9,12H,7-8H2,1-2H3,(H,18,19)(H,20,21)(H3,16,17,22). The van der Waals surface area contributed by atoms with Gasteiger partial charge in [0.15, 0.2) is 0 Å². The maximum Gasteiger partial charge on any atom is 0.326 e. The van der Waals surface area contributed by atoms with Gasteiger partial charge in [-0.15, -0.1) is 0 Å². The average Bonchev–Trinajstić information content (AvgIpc) is 2.44. The van der Waals surface area contributed by atoms with Crippen LogP contribution in [0.2, 0.25) is 0 Å². The second-order valence-corrected chi connectivity index (χ2v) is 5.41. The van der Waals surface area contributed by atoms with Gasteiger partial charge >= 0.3 is 12.0 Å². The van der Waals surface area contributed by atoms with Crippen LogP contribution in [0.3, 0.4) is 0 Å². The molecule has 120 valence electrons. The minimum atomic E-state index is -1.05. The van der Waals surface area contributed by atoms with Crippen LogP contribution in [0.1, 0.15) is 36.2 Å². The van der Waals surface area contributed by atoms with Crippen LogP contribution in [-0.2, 0) is 11.3 Å². The monoisotopic (exact) mass is 307 g/mol. The van der Waals surface area contributed by atoms with Crippen LogP contribution in [0.5, 0.6) is 0 Å². The van der Waals surface area contributed by atoms with E-state index in [2.05, 4.69) is 10.6 Å². The number of aliphatic carboxylic acids is 1. The molecule has 0 aliphatic rings. The molecule has 7 heteroatoms. The van der Waals surface area contributed by atoms with Gasteiger partial charge in [0.1, 0.15) is 6.04 Å². The number of hydrogen-bond donors (Lipinski definition) is 4. The van der Waals surface area contributed by atoms with E-state index in [9.17, 15) is 14.4 Å². The number of rotatable bonds is 7. The molecule has 0 heterocycles. The lowest BCUT2D eigenvalue weighted by Crippen LogP contribution is -2.41. The number of amides is 3. The molecule has 3 amide bonds. The molecule has 0 saturated carbocycles. The van der Waals surface area contributed by atoms with Crippen molar-refractivity contribution in [2.24, 2.45) is 11.7 Å². The Hall–Kier alpha value is -2.57. The number of carboxylic acids is 1. The molecule has 0 radical (unpaired) electrons. The second-order valence-electron chi connectivity index (χ2n) is 5.41. The summed E-state index contributed by atoms with van der Waals surface area (Å²) in [7, 11) is 0. The quantitative estimate of drug-likeness (QED) is 0.602.